The van der Waals surface area contributed by atoms with Crippen molar-refractivity contribution in [3.8, 4) is 0 Å². The number of hydrogen-bond donors (Lipinski definition) is 2. The number of anilines is 1. The summed E-state index contributed by atoms with van der Waals surface area (Å²) in [7, 11) is 1.24. The van der Waals surface area contributed by atoms with Crippen molar-refractivity contribution in [2.45, 2.75) is 6.04 Å². The van der Waals surface area contributed by atoms with E-state index in [4.69, 9.17) is 16.7 Å². The van der Waals surface area contributed by atoms with Crippen LogP contribution in [0.15, 0.2) is 12.4 Å². The molecular formula is C8H10ClN3O3. The molecule has 0 spiro atoms. The first-order valence-electron chi connectivity index (χ1n) is 4.10. The molecule has 1 aromatic rings. The van der Waals surface area contributed by atoms with E-state index >= 15 is 0 Å². The van der Waals surface area contributed by atoms with Crippen LogP contribution in [0.5, 0.6) is 0 Å². The molecule has 0 unspecified atom stereocenters. The molecular weight excluding hydrogens is 222 g/mol. The van der Waals surface area contributed by atoms with E-state index in [1.165, 1.54) is 19.5 Å². The number of esters is 1. The number of hydrogen-bond acceptors (Lipinski definition) is 6. The van der Waals surface area contributed by atoms with Crippen molar-refractivity contribution in [2.24, 2.45) is 0 Å². The third-order valence-corrected chi connectivity index (χ3v) is 1.83. The molecule has 15 heavy (non-hydrogen) atoms. The molecule has 2 N–H and O–H groups in total. The van der Waals surface area contributed by atoms with Gasteiger partial charge in [0.05, 0.1) is 13.7 Å². The van der Waals surface area contributed by atoms with Gasteiger partial charge in [-0.1, -0.05) is 11.6 Å². The molecule has 0 aliphatic rings. The Labute approximate surface area is 91.3 Å². The fourth-order valence-corrected chi connectivity index (χ4v) is 1.06. The first-order chi connectivity index (χ1) is 7.17. The van der Waals surface area contributed by atoms with E-state index < -0.39 is 18.6 Å². The number of rotatable bonds is 4. The van der Waals surface area contributed by atoms with Crippen molar-refractivity contribution in [1.29, 1.82) is 0 Å². The van der Waals surface area contributed by atoms with Gasteiger partial charge in [0, 0.05) is 6.07 Å². The summed E-state index contributed by atoms with van der Waals surface area (Å²) in [4.78, 5) is 18.6. The number of carbonyl (C=O) groups is 1. The number of nitrogens with zero attached hydrogens (tertiary/aromatic N) is 2. The Morgan fingerprint density at radius 2 is 2.47 bits per heavy atom. The van der Waals surface area contributed by atoms with Gasteiger partial charge in [-0.15, -0.1) is 0 Å². The van der Waals surface area contributed by atoms with Gasteiger partial charge in [-0.2, -0.15) is 0 Å². The third kappa shape index (κ3) is 3.34. The Morgan fingerprint density at radius 3 is 3.00 bits per heavy atom. The smallest absolute Gasteiger partial charge is 0.330 e. The number of nitrogens with one attached hydrogen (secondary N) is 1. The van der Waals surface area contributed by atoms with E-state index in [0.717, 1.165) is 0 Å². The van der Waals surface area contributed by atoms with Gasteiger partial charge >= 0.3 is 5.97 Å². The van der Waals surface area contributed by atoms with Crippen LogP contribution >= 0.6 is 11.6 Å². The van der Waals surface area contributed by atoms with Crippen molar-refractivity contribution in [3.63, 3.8) is 0 Å². The van der Waals surface area contributed by atoms with Crippen LogP contribution in [0.4, 0.5) is 5.82 Å². The minimum atomic E-state index is -0.860. The Morgan fingerprint density at radius 1 is 1.73 bits per heavy atom. The number of aliphatic hydroxyl groups is 1. The summed E-state index contributed by atoms with van der Waals surface area (Å²) in [6, 6.07) is 0.577. The van der Waals surface area contributed by atoms with E-state index in [0.29, 0.717) is 5.82 Å². The molecule has 0 amide bonds. The largest absolute Gasteiger partial charge is 0.467 e. The summed E-state index contributed by atoms with van der Waals surface area (Å²) < 4.78 is 4.47. The normalized spacial score (nSPS) is 11.9. The summed E-state index contributed by atoms with van der Waals surface area (Å²) in [5.41, 5.74) is 0. The van der Waals surface area contributed by atoms with Crippen LogP contribution in [0.2, 0.25) is 5.15 Å². The van der Waals surface area contributed by atoms with Crippen LogP contribution in [0.1, 0.15) is 0 Å². The zero-order chi connectivity index (χ0) is 11.3. The maximum absolute atomic E-state index is 11.1. The number of methoxy groups -OCH3 is 1. The number of aliphatic hydroxyl groups excluding tert-OH is 1. The fraction of sp³-hybridized carbons (Fsp3) is 0.375. The molecule has 1 rings (SSSR count). The quantitative estimate of drug-likeness (QED) is 0.564. The second kappa shape index (κ2) is 5.47. The summed E-state index contributed by atoms with van der Waals surface area (Å²) >= 11 is 5.62. The highest BCUT2D eigenvalue weighted by Gasteiger charge is 2.18. The van der Waals surface area contributed by atoms with Crippen LogP contribution in [0.3, 0.4) is 0 Å². The van der Waals surface area contributed by atoms with Crippen LogP contribution < -0.4 is 5.32 Å². The Kier molecular flexibility index (Phi) is 4.26. The Hall–Kier alpha value is -1.40. The average Bonchev–Trinajstić information content (AvgIpc) is 2.25. The van der Waals surface area contributed by atoms with E-state index in [9.17, 15) is 4.79 Å². The molecule has 1 atom stereocenters. The number of ether oxygens (including phenoxy) is 1. The predicted octanol–water partition coefficient (Wildman–Crippen LogP) is 0.0758. The highest BCUT2D eigenvalue weighted by atomic mass is 35.5. The molecule has 0 aliphatic heterocycles. The summed E-state index contributed by atoms with van der Waals surface area (Å²) in [5.74, 6) is -0.230. The minimum Gasteiger partial charge on any atom is -0.467 e. The van der Waals surface area contributed by atoms with Gasteiger partial charge in [0.15, 0.2) is 0 Å². The lowest BCUT2D eigenvalue weighted by atomic mass is 10.3. The highest BCUT2D eigenvalue weighted by Crippen LogP contribution is 2.09. The van der Waals surface area contributed by atoms with E-state index in [1.54, 1.807) is 0 Å². The topological polar surface area (TPSA) is 84.3 Å². The monoisotopic (exact) mass is 231 g/mol. The second-order valence-corrected chi connectivity index (χ2v) is 3.02. The molecule has 0 fully saturated rings. The van der Waals surface area contributed by atoms with Crippen molar-refractivity contribution < 1.29 is 14.6 Å². The molecule has 7 heteroatoms. The van der Waals surface area contributed by atoms with Crippen molar-refractivity contribution >= 4 is 23.4 Å². The maximum Gasteiger partial charge on any atom is 0.330 e. The first kappa shape index (κ1) is 11.7. The van der Waals surface area contributed by atoms with Gasteiger partial charge in [-0.05, 0) is 0 Å². The lowest BCUT2D eigenvalue weighted by Gasteiger charge is -2.13. The fourth-order valence-electron chi connectivity index (χ4n) is 0.912. The molecule has 0 saturated carbocycles. The van der Waals surface area contributed by atoms with Gasteiger partial charge in [0.2, 0.25) is 0 Å². The number of carbonyl (C=O) groups excluding carboxylic acids is 1. The Bertz CT molecular complexity index is 348. The zero-order valence-electron chi connectivity index (χ0n) is 7.98. The van der Waals surface area contributed by atoms with Gasteiger partial charge < -0.3 is 15.2 Å². The number of aromatic nitrogens is 2. The van der Waals surface area contributed by atoms with Crippen LogP contribution in [-0.2, 0) is 9.53 Å². The number of halogens is 1. The molecule has 82 valence electrons. The van der Waals surface area contributed by atoms with Crippen molar-refractivity contribution in [1.82, 2.24) is 9.97 Å². The van der Waals surface area contributed by atoms with Gasteiger partial charge in [0.25, 0.3) is 0 Å². The average molecular weight is 232 g/mol. The highest BCUT2D eigenvalue weighted by molar-refractivity contribution is 6.29. The van der Waals surface area contributed by atoms with E-state index in [1.807, 2.05) is 0 Å². The lowest BCUT2D eigenvalue weighted by molar-refractivity contribution is -0.142. The van der Waals surface area contributed by atoms with Gasteiger partial charge in [0.1, 0.15) is 23.3 Å². The SMILES string of the molecule is COC(=O)[C@@H](CO)Nc1cc(Cl)ncn1. The summed E-state index contributed by atoms with van der Waals surface area (Å²) in [6.07, 6.45) is 1.25. The van der Waals surface area contributed by atoms with Crippen LogP contribution in [0, 0.1) is 0 Å². The predicted molar refractivity (Wildman–Crippen MR) is 53.6 cm³/mol. The summed E-state index contributed by atoms with van der Waals surface area (Å²) in [5, 5.41) is 11.8. The van der Waals surface area contributed by atoms with Crippen LogP contribution in [0.25, 0.3) is 0 Å². The lowest BCUT2D eigenvalue weighted by Crippen LogP contribution is -2.34. The molecule has 0 bridgehead atoms. The molecule has 1 heterocycles. The molecule has 0 aromatic carbocycles. The third-order valence-electron chi connectivity index (χ3n) is 1.62. The molecule has 0 saturated heterocycles. The summed E-state index contributed by atoms with van der Waals surface area (Å²) in [6.45, 7) is -0.395. The molecule has 6 nitrogen and oxygen atoms in total. The van der Waals surface area contributed by atoms with Crippen molar-refractivity contribution in [3.05, 3.63) is 17.5 Å². The van der Waals surface area contributed by atoms with Crippen molar-refractivity contribution in [2.75, 3.05) is 19.0 Å². The standard InChI is InChI=1S/C8H10ClN3O3/c1-15-8(14)5(3-13)12-7-2-6(9)10-4-11-7/h2,4-5,13H,3H2,1H3,(H,10,11,12)/t5-/m1/s1. The maximum atomic E-state index is 11.1. The minimum absolute atomic E-state index is 0.244. The Balaban J connectivity index is 2.70. The van der Waals surface area contributed by atoms with E-state index in [2.05, 4.69) is 20.0 Å². The second-order valence-electron chi connectivity index (χ2n) is 2.63. The molecule has 1 aromatic heterocycles. The first-order valence-corrected chi connectivity index (χ1v) is 4.48. The van der Waals surface area contributed by atoms with Gasteiger partial charge in [-0.25, -0.2) is 14.8 Å². The van der Waals surface area contributed by atoms with Gasteiger partial charge in [-0.3, -0.25) is 0 Å². The van der Waals surface area contributed by atoms with E-state index in [-0.39, 0.29) is 5.15 Å². The zero-order valence-corrected chi connectivity index (χ0v) is 8.73. The van der Waals surface area contributed by atoms with Crippen LogP contribution in [-0.4, -0.2) is 40.8 Å². The molecule has 0 aliphatic carbocycles. The molecule has 0 radical (unpaired) electrons.